The molecule has 0 bridgehead atoms. The molecule has 0 heterocycles. The molecule has 2 N–H and O–H groups in total. The second kappa shape index (κ2) is 4.58. The summed E-state index contributed by atoms with van der Waals surface area (Å²) in [6.07, 6.45) is 0. The molecule has 0 amide bonds. The number of hydrogen-bond acceptors (Lipinski definition) is 3. The number of rotatable bonds is 2. The van der Waals surface area contributed by atoms with E-state index in [9.17, 15) is 0 Å². The molecule has 0 spiro atoms. The number of hydrogen-bond donors (Lipinski definition) is 1. The first-order valence-electron chi connectivity index (χ1n) is 5.18. The smallest absolute Gasteiger partial charge is 0.126 e. The minimum atomic E-state index is 0.609. The highest BCUT2D eigenvalue weighted by molar-refractivity contribution is 5.73. The molecule has 0 aliphatic carbocycles. The van der Waals surface area contributed by atoms with Crippen LogP contribution in [0.4, 0.5) is 5.69 Å². The normalized spacial score (nSPS) is 9.65. The number of ether oxygens (including phenoxy) is 1. The summed E-state index contributed by atoms with van der Waals surface area (Å²) in [7, 11) is 1.61. The van der Waals surface area contributed by atoms with E-state index < -0.39 is 0 Å². The third-order valence-corrected chi connectivity index (χ3v) is 2.55. The van der Waals surface area contributed by atoms with E-state index in [0.717, 1.165) is 16.9 Å². The maximum Gasteiger partial charge on any atom is 0.126 e. The maximum absolute atomic E-state index is 8.91. The molecule has 3 heteroatoms. The van der Waals surface area contributed by atoms with Crippen molar-refractivity contribution in [2.45, 2.75) is 0 Å². The zero-order chi connectivity index (χ0) is 12.3. The van der Waals surface area contributed by atoms with Crippen LogP contribution in [0, 0.1) is 11.3 Å². The highest BCUT2D eigenvalue weighted by Gasteiger charge is 2.06. The van der Waals surface area contributed by atoms with Crippen LogP contribution in [0.2, 0.25) is 0 Å². The summed E-state index contributed by atoms with van der Waals surface area (Å²) in [6.45, 7) is 0. The van der Waals surface area contributed by atoms with Crippen molar-refractivity contribution in [1.82, 2.24) is 0 Å². The van der Waals surface area contributed by atoms with Gasteiger partial charge in [-0.2, -0.15) is 5.26 Å². The second-order valence-electron chi connectivity index (χ2n) is 3.65. The van der Waals surface area contributed by atoms with Gasteiger partial charge in [0.2, 0.25) is 0 Å². The van der Waals surface area contributed by atoms with E-state index in [1.807, 2.05) is 30.3 Å². The molecule has 2 aromatic rings. The van der Waals surface area contributed by atoms with Crippen LogP contribution in [0.25, 0.3) is 11.1 Å². The van der Waals surface area contributed by atoms with Gasteiger partial charge in [0.05, 0.1) is 18.7 Å². The van der Waals surface area contributed by atoms with Crippen LogP contribution in [-0.4, -0.2) is 7.11 Å². The summed E-state index contributed by atoms with van der Waals surface area (Å²) in [6, 6.07) is 14.9. The van der Waals surface area contributed by atoms with Crippen molar-refractivity contribution < 1.29 is 4.74 Å². The first-order chi connectivity index (χ1) is 8.24. The Hall–Kier alpha value is -2.47. The van der Waals surface area contributed by atoms with E-state index in [1.54, 1.807) is 19.2 Å². The topological polar surface area (TPSA) is 59.0 Å². The van der Waals surface area contributed by atoms with Gasteiger partial charge in [-0.1, -0.05) is 12.1 Å². The number of nitriles is 1. The predicted molar refractivity (Wildman–Crippen MR) is 67.6 cm³/mol. The highest BCUT2D eigenvalue weighted by Crippen LogP contribution is 2.31. The van der Waals surface area contributed by atoms with E-state index in [2.05, 4.69) is 6.07 Å². The lowest BCUT2D eigenvalue weighted by atomic mass is 10.0. The molecule has 0 aromatic heterocycles. The molecule has 0 saturated heterocycles. The summed E-state index contributed by atoms with van der Waals surface area (Å²) >= 11 is 0. The van der Waals surface area contributed by atoms with Crippen molar-refractivity contribution in [3.8, 4) is 22.9 Å². The van der Waals surface area contributed by atoms with E-state index in [1.165, 1.54) is 0 Å². The fraction of sp³-hybridized carbons (Fsp3) is 0.0714. The Bertz CT molecular complexity index is 568. The van der Waals surface area contributed by atoms with Crippen LogP contribution in [0.5, 0.6) is 5.75 Å². The number of benzene rings is 2. The van der Waals surface area contributed by atoms with E-state index in [0.29, 0.717) is 11.3 Å². The molecule has 3 nitrogen and oxygen atoms in total. The maximum atomic E-state index is 8.91. The third-order valence-electron chi connectivity index (χ3n) is 2.55. The molecule has 0 saturated carbocycles. The zero-order valence-electron chi connectivity index (χ0n) is 9.47. The highest BCUT2D eigenvalue weighted by atomic mass is 16.5. The number of nitrogen functional groups attached to an aromatic ring is 1. The standard InChI is InChI=1S/C14H12N2O/c1-17-14-7-2-10(9-15)8-13(14)11-3-5-12(16)6-4-11/h2-8H,16H2,1H3. The monoisotopic (exact) mass is 224 g/mol. The summed E-state index contributed by atoms with van der Waals surface area (Å²) in [5.74, 6) is 0.744. The van der Waals surface area contributed by atoms with Crippen molar-refractivity contribution >= 4 is 5.69 Å². The summed E-state index contributed by atoms with van der Waals surface area (Å²) in [5, 5.41) is 8.91. The number of anilines is 1. The molecule has 0 radical (unpaired) electrons. The van der Waals surface area contributed by atoms with Gasteiger partial charge < -0.3 is 10.5 Å². The number of nitrogens with zero attached hydrogens (tertiary/aromatic N) is 1. The molecule has 0 aliphatic heterocycles. The third kappa shape index (κ3) is 2.21. The predicted octanol–water partition coefficient (Wildman–Crippen LogP) is 2.82. The van der Waals surface area contributed by atoms with Gasteiger partial charge >= 0.3 is 0 Å². The van der Waals surface area contributed by atoms with Gasteiger partial charge in [0.25, 0.3) is 0 Å². The van der Waals surface area contributed by atoms with Gasteiger partial charge in [0, 0.05) is 11.3 Å². The summed E-state index contributed by atoms with van der Waals surface area (Å²) in [4.78, 5) is 0. The van der Waals surface area contributed by atoms with Gasteiger partial charge in [-0.15, -0.1) is 0 Å². The Balaban J connectivity index is 2.56. The Morgan fingerprint density at radius 1 is 1.12 bits per heavy atom. The van der Waals surface area contributed by atoms with Gasteiger partial charge in [0.15, 0.2) is 0 Å². The van der Waals surface area contributed by atoms with Crippen LogP contribution in [0.3, 0.4) is 0 Å². The van der Waals surface area contributed by atoms with Crippen molar-refractivity contribution in [3.05, 3.63) is 48.0 Å². The molecule has 0 atom stereocenters. The van der Waals surface area contributed by atoms with Crippen molar-refractivity contribution in [1.29, 1.82) is 5.26 Å². The van der Waals surface area contributed by atoms with Gasteiger partial charge in [-0.3, -0.25) is 0 Å². The second-order valence-corrected chi connectivity index (χ2v) is 3.65. The van der Waals surface area contributed by atoms with Crippen LogP contribution in [0.1, 0.15) is 5.56 Å². The SMILES string of the molecule is COc1ccc(C#N)cc1-c1ccc(N)cc1. The zero-order valence-corrected chi connectivity index (χ0v) is 9.47. The molecule has 0 fully saturated rings. The Kier molecular flexibility index (Phi) is 2.97. The van der Waals surface area contributed by atoms with E-state index in [4.69, 9.17) is 15.7 Å². The molecular weight excluding hydrogens is 212 g/mol. The Labute approximate surface area is 100 Å². The lowest BCUT2D eigenvalue weighted by molar-refractivity contribution is 0.416. The van der Waals surface area contributed by atoms with E-state index >= 15 is 0 Å². The Morgan fingerprint density at radius 3 is 2.41 bits per heavy atom. The first-order valence-corrected chi connectivity index (χ1v) is 5.18. The minimum absolute atomic E-state index is 0.609. The van der Waals surface area contributed by atoms with Gasteiger partial charge in [-0.05, 0) is 35.9 Å². The average molecular weight is 224 g/mol. The largest absolute Gasteiger partial charge is 0.496 e. The fourth-order valence-corrected chi connectivity index (χ4v) is 1.67. The number of nitrogens with two attached hydrogens (primary N) is 1. The molecular formula is C14H12N2O. The first kappa shape index (κ1) is 11.0. The molecule has 17 heavy (non-hydrogen) atoms. The summed E-state index contributed by atoms with van der Waals surface area (Å²) in [5.41, 5.74) is 8.84. The lowest BCUT2D eigenvalue weighted by Crippen LogP contribution is -1.90. The van der Waals surface area contributed by atoms with Crippen molar-refractivity contribution in [3.63, 3.8) is 0 Å². The molecule has 2 rings (SSSR count). The molecule has 0 aliphatic rings. The average Bonchev–Trinajstić information content (AvgIpc) is 2.39. The number of methoxy groups -OCH3 is 1. The van der Waals surface area contributed by atoms with Gasteiger partial charge in [0.1, 0.15) is 5.75 Å². The quantitative estimate of drug-likeness (QED) is 0.798. The van der Waals surface area contributed by atoms with E-state index in [-0.39, 0.29) is 0 Å². The molecule has 84 valence electrons. The lowest BCUT2D eigenvalue weighted by Gasteiger charge is -2.09. The van der Waals surface area contributed by atoms with Crippen LogP contribution >= 0.6 is 0 Å². The molecule has 2 aromatic carbocycles. The minimum Gasteiger partial charge on any atom is -0.496 e. The van der Waals surface area contributed by atoms with Crippen molar-refractivity contribution in [2.24, 2.45) is 0 Å². The Morgan fingerprint density at radius 2 is 1.82 bits per heavy atom. The van der Waals surface area contributed by atoms with Gasteiger partial charge in [-0.25, -0.2) is 0 Å². The molecule has 0 unspecified atom stereocenters. The summed E-state index contributed by atoms with van der Waals surface area (Å²) < 4.78 is 5.29. The fourth-order valence-electron chi connectivity index (χ4n) is 1.67. The van der Waals surface area contributed by atoms with Crippen LogP contribution < -0.4 is 10.5 Å². The van der Waals surface area contributed by atoms with Crippen LogP contribution in [-0.2, 0) is 0 Å². The van der Waals surface area contributed by atoms with Crippen LogP contribution in [0.15, 0.2) is 42.5 Å². The van der Waals surface area contributed by atoms with Crippen molar-refractivity contribution in [2.75, 3.05) is 12.8 Å².